The monoisotopic (exact) mass is 493 g/mol. The fraction of sp³-hybridized carbons (Fsp3) is 0.240. The van der Waals surface area contributed by atoms with Gasteiger partial charge in [0.15, 0.2) is 0 Å². The number of amides is 2. The van der Waals surface area contributed by atoms with Crippen molar-refractivity contribution >= 4 is 40.5 Å². The molecule has 3 aromatic rings. The van der Waals surface area contributed by atoms with E-state index in [2.05, 4.69) is 4.98 Å². The molecular formula is C25H24ClN5O4. The summed E-state index contributed by atoms with van der Waals surface area (Å²) in [7, 11) is 0. The van der Waals surface area contributed by atoms with Crippen LogP contribution >= 0.6 is 11.6 Å². The molecule has 0 spiro atoms. The molecule has 2 amide bonds. The van der Waals surface area contributed by atoms with E-state index in [1.807, 2.05) is 17.0 Å². The number of nitrogens with zero attached hydrogens (tertiary/aromatic N) is 5. The lowest BCUT2D eigenvalue weighted by molar-refractivity contribution is -0.384. The summed E-state index contributed by atoms with van der Waals surface area (Å²) in [5, 5.41) is 12.5. The maximum atomic E-state index is 13.6. The van der Waals surface area contributed by atoms with Gasteiger partial charge in [0.1, 0.15) is 5.69 Å². The van der Waals surface area contributed by atoms with Gasteiger partial charge in [-0.1, -0.05) is 17.7 Å². The Labute approximate surface area is 207 Å². The van der Waals surface area contributed by atoms with Crippen molar-refractivity contribution in [3.63, 3.8) is 0 Å². The second-order valence-corrected chi connectivity index (χ2v) is 8.58. The molecule has 0 unspecified atom stereocenters. The van der Waals surface area contributed by atoms with Crippen LogP contribution in [0, 0.1) is 10.1 Å². The second-order valence-electron chi connectivity index (χ2n) is 8.14. The Morgan fingerprint density at radius 1 is 1.06 bits per heavy atom. The van der Waals surface area contributed by atoms with Crippen LogP contribution in [-0.2, 0) is 11.3 Å². The number of hydrogen-bond donors (Lipinski definition) is 0. The molecule has 1 saturated heterocycles. The topological polar surface area (TPSA) is 99.9 Å². The van der Waals surface area contributed by atoms with Crippen molar-refractivity contribution < 1.29 is 14.5 Å². The molecule has 1 aromatic heterocycles. The molecule has 35 heavy (non-hydrogen) atoms. The van der Waals surface area contributed by atoms with Gasteiger partial charge in [-0.3, -0.25) is 24.7 Å². The van der Waals surface area contributed by atoms with Crippen LogP contribution in [0.5, 0.6) is 0 Å². The molecule has 0 radical (unpaired) electrons. The predicted octanol–water partition coefficient (Wildman–Crippen LogP) is 4.16. The summed E-state index contributed by atoms with van der Waals surface area (Å²) in [5.41, 5.74) is 1.73. The molecule has 1 aliphatic rings. The van der Waals surface area contributed by atoms with Crippen LogP contribution in [0.25, 0.3) is 0 Å². The first-order valence-corrected chi connectivity index (χ1v) is 11.5. The highest BCUT2D eigenvalue weighted by molar-refractivity contribution is 6.30. The second kappa shape index (κ2) is 10.5. The molecule has 2 heterocycles. The van der Waals surface area contributed by atoms with E-state index >= 15 is 0 Å². The van der Waals surface area contributed by atoms with Crippen molar-refractivity contribution in [1.29, 1.82) is 0 Å². The number of piperazine rings is 1. The molecule has 9 nitrogen and oxygen atoms in total. The van der Waals surface area contributed by atoms with Crippen molar-refractivity contribution in [1.82, 2.24) is 9.88 Å². The highest BCUT2D eigenvalue weighted by Gasteiger charge is 2.27. The highest BCUT2D eigenvalue weighted by Crippen LogP contribution is 2.31. The van der Waals surface area contributed by atoms with Crippen molar-refractivity contribution in [2.75, 3.05) is 36.0 Å². The minimum absolute atomic E-state index is 0.0182. The number of anilines is 2. The van der Waals surface area contributed by atoms with Gasteiger partial charge >= 0.3 is 0 Å². The molecule has 4 rings (SSSR count). The van der Waals surface area contributed by atoms with Gasteiger partial charge in [0.05, 0.1) is 17.2 Å². The summed E-state index contributed by atoms with van der Waals surface area (Å²) >= 11 is 6.03. The third kappa shape index (κ3) is 5.58. The summed E-state index contributed by atoms with van der Waals surface area (Å²) in [6.45, 7) is 3.62. The smallest absolute Gasteiger partial charge is 0.293 e. The zero-order valence-electron chi connectivity index (χ0n) is 19.1. The summed E-state index contributed by atoms with van der Waals surface area (Å²) in [5.74, 6) is -0.413. The molecule has 2 aromatic carbocycles. The van der Waals surface area contributed by atoms with Crippen molar-refractivity contribution in [2.45, 2.75) is 13.5 Å². The van der Waals surface area contributed by atoms with Gasteiger partial charge in [-0.15, -0.1) is 0 Å². The van der Waals surface area contributed by atoms with E-state index in [4.69, 9.17) is 11.6 Å². The number of aromatic nitrogens is 1. The van der Waals surface area contributed by atoms with Gasteiger partial charge in [0.25, 0.3) is 11.6 Å². The fourth-order valence-corrected chi connectivity index (χ4v) is 4.17. The highest BCUT2D eigenvalue weighted by atomic mass is 35.5. The molecule has 10 heteroatoms. The van der Waals surface area contributed by atoms with Crippen molar-refractivity contribution in [2.24, 2.45) is 0 Å². The predicted molar refractivity (Wildman–Crippen MR) is 134 cm³/mol. The molecule has 0 aliphatic carbocycles. The first-order valence-electron chi connectivity index (χ1n) is 11.1. The maximum absolute atomic E-state index is 13.6. The number of nitro groups is 1. The normalized spacial score (nSPS) is 13.4. The van der Waals surface area contributed by atoms with E-state index in [0.717, 1.165) is 0 Å². The summed E-state index contributed by atoms with van der Waals surface area (Å²) in [6.07, 6.45) is 1.64. The third-order valence-electron chi connectivity index (χ3n) is 5.91. The lowest BCUT2D eigenvalue weighted by atomic mass is 10.1. The van der Waals surface area contributed by atoms with E-state index in [-0.39, 0.29) is 23.7 Å². The largest absolute Gasteiger partial charge is 0.362 e. The van der Waals surface area contributed by atoms with Crippen LogP contribution in [0.4, 0.5) is 17.1 Å². The van der Waals surface area contributed by atoms with E-state index < -0.39 is 10.8 Å². The Morgan fingerprint density at radius 2 is 1.77 bits per heavy atom. The van der Waals surface area contributed by atoms with Crippen LogP contribution in [0.2, 0.25) is 5.02 Å². The van der Waals surface area contributed by atoms with Crippen LogP contribution in [-0.4, -0.2) is 52.8 Å². The minimum Gasteiger partial charge on any atom is -0.362 e. The minimum atomic E-state index is -0.477. The Hall–Kier alpha value is -3.98. The Balaban J connectivity index is 1.65. The Bertz CT molecular complexity index is 1230. The molecule has 1 fully saturated rings. The maximum Gasteiger partial charge on any atom is 0.293 e. The van der Waals surface area contributed by atoms with Crippen molar-refractivity contribution in [3.05, 3.63) is 93.3 Å². The molecule has 0 saturated carbocycles. The van der Waals surface area contributed by atoms with E-state index in [1.54, 1.807) is 53.6 Å². The quantitative estimate of drug-likeness (QED) is 0.377. The van der Waals surface area contributed by atoms with Crippen LogP contribution in [0.15, 0.2) is 66.9 Å². The average Bonchev–Trinajstić information content (AvgIpc) is 2.88. The van der Waals surface area contributed by atoms with Gasteiger partial charge in [-0.25, -0.2) is 0 Å². The van der Waals surface area contributed by atoms with Crippen LogP contribution in [0.3, 0.4) is 0 Å². The zero-order valence-corrected chi connectivity index (χ0v) is 19.9. The molecule has 180 valence electrons. The third-order valence-corrected chi connectivity index (χ3v) is 6.17. The molecule has 0 N–H and O–H groups in total. The van der Waals surface area contributed by atoms with Crippen LogP contribution < -0.4 is 9.80 Å². The summed E-state index contributed by atoms with van der Waals surface area (Å²) < 4.78 is 0. The number of carbonyl (C=O) groups excluding carboxylic acids is 2. The first kappa shape index (κ1) is 24.2. The van der Waals surface area contributed by atoms with E-state index in [1.165, 1.54) is 17.9 Å². The molecule has 0 bridgehead atoms. The lowest BCUT2D eigenvalue weighted by Gasteiger charge is -2.35. The number of halogens is 1. The molecular weight excluding hydrogens is 470 g/mol. The number of benzene rings is 2. The number of carbonyl (C=O) groups is 2. The number of nitro benzene ring substituents is 1. The van der Waals surface area contributed by atoms with E-state index in [9.17, 15) is 19.7 Å². The lowest BCUT2D eigenvalue weighted by Crippen LogP contribution is -2.48. The van der Waals surface area contributed by atoms with Gasteiger partial charge in [0, 0.05) is 61.6 Å². The van der Waals surface area contributed by atoms with Gasteiger partial charge < -0.3 is 14.7 Å². The van der Waals surface area contributed by atoms with Gasteiger partial charge in [0.2, 0.25) is 5.91 Å². The number of rotatable bonds is 6. The fourth-order valence-electron chi connectivity index (χ4n) is 4.04. The van der Waals surface area contributed by atoms with Gasteiger partial charge in [-0.2, -0.15) is 0 Å². The average molecular weight is 494 g/mol. The standard InChI is InChI=1S/C25H24ClN5O4/c1-18(32)28-12-14-29(15-13-28)23-10-5-19(16-24(23)31(34)35)25(33)30(17-21-4-2-3-11-27-21)22-8-6-20(26)7-9-22/h2-11,16H,12-15,17H2,1H3. The first-order chi connectivity index (χ1) is 16.8. The Morgan fingerprint density at radius 3 is 2.37 bits per heavy atom. The Kier molecular flexibility index (Phi) is 7.26. The molecule has 0 atom stereocenters. The number of hydrogen-bond acceptors (Lipinski definition) is 6. The number of pyridine rings is 1. The van der Waals surface area contributed by atoms with Gasteiger partial charge in [-0.05, 0) is 48.5 Å². The van der Waals surface area contributed by atoms with E-state index in [0.29, 0.717) is 48.3 Å². The SMILES string of the molecule is CC(=O)N1CCN(c2ccc(C(=O)N(Cc3ccccn3)c3ccc(Cl)cc3)cc2[N+](=O)[O-])CC1. The van der Waals surface area contributed by atoms with Crippen LogP contribution in [0.1, 0.15) is 23.0 Å². The van der Waals surface area contributed by atoms with Crippen molar-refractivity contribution in [3.8, 4) is 0 Å². The zero-order chi connectivity index (χ0) is 24.9. The molecule has 1 aliphatic heterocycles. The summed E-state index contributed by atoms with van der Waals surface area (Å²) in [6, 6.07) is 16.8. The summed E-state index contributed by atoms with van der Waals surface area (Å²) in [4.78, 5) is 46.1.